The quantitative estimate of drug-likeness (QED) is 0.385. The molecular formula is C19H27IN4O2. The summed E-state index contributed by atoms with van der Waals surface area (Å²) in [4.78, 5) is 8.67. The minimum atomic E-state index is 0. The molecule has 3 rings (SSSR count). The molecule has 1 aromatic heterocycles. The Balaban J connectivity index is 0.00000243. The van der Waals surface area contributed by atoms with Gasteiger partial charge in [0, 0.05) is 24.6 Å². The number of oxazole rings is 1. The molecule has 0 unspecified atom stereocenters. The third-order valence-corrected chi connectivity index (χ3v) is 4.83. The summed E-state index contributed by atoms with van der Waals surface area (Å²) in [5, 5.41) is 6.69. The molecule has 6 nitrogen and oxygen atoms in total. The molecule has 0 atom stereocenters. The third kappa shape index (κ3) is 4.49. The fourth-order valence-electron chi connectivity index (χ4n) is 3.02. The zero-order valence-electron chi connectivity index (χ0n) is 15.8. The van der Waals surface area contributed by atoms with Gasteiger partial charge in [-0.15, -0.1) is 24.0 Å². The molecule has 2 N–H and O–H groups in total. The SMILES string of the molecule is CN=C(NCc1nc(C)c(C)o1)NCC1(c2ccccc2OC)CC1.I. The van der Waals surface area contributed by atoms with E-state index in [4.69, 9.17) is 9.15 Å². The van der Waals surface area contributed by atoms with Gasteiger partial charge in [0.25, 0.3) is 0 Å². The molecule has 0 spiro atoms. The second-order valence-electron chi connectivity index (χ2n) is 6.51. The van der Waals surface area contributed by atoms with Crippen molar-refractivity contribution in [3.05, 3.63) is 47.2 Å². The molecule has 0 saturated heterocycles. The molecular weight excluding hydrogens is 443 g/mol. The summed E-state index contributed by atoms with van der Waals surface area (Å²) < 4.78 is 11.1. The van der Waals surface area contributed by atoms with Gasteiger partial charge < -0.3 is 19.8 Å². The van der Waals surface area contributed by atoms with Crippen LogP contribution >= 0.6 is 24.0 Å². The number of ether oxygens (including phenoxy) is 1. The van der Waals surface area contributed by atoms with Crippen molar-refractivity contribution in [2.45, 2.75) is 38.6 Å². The van der Waals surface area contributed by atoms with E-state index in [0.29, 0.717) is 12.4 Å². The van der Waals surface area contributed by atoms with Gasteiger partial charge in [-0.3, -0.25) is 4.99 Å². The van der Waals surface area contributed by atoms with Crippen molar-refractivity contribution in [1.29, 1.82) is 0 Å². The summed E-state index contributed by atoms with van der Waals surface area (Å²) in [7, 11) is 3.49. The predicted molar refractivity (Wildman–Crippen MR) is 113 cm³/mol. The van der Waals surface area contributed by atoms with Crippen LogP contribution in [-0.2, 0) is 12.0 Å². The lowest BCUT2D eigenvalue weighted by molar-refractivity contribution is 0.403. The van der Waals surface area contributed by atoms with E-state index in [2.05, 4.69) is 32.7 Å². The number of aromatic nitrogens is 1. The first-order valence-corrected chi connectivity index (χ1v) is 8.59. The molecule has 0 radical (unpaired) electrons. The highest BCUT2D eigenvalue weighted by atomic mass is 127. The van der Waals surface area contributed by atoms with E-state index in [9.17, 15) is 0 Å². The predicted octanol–water partition coefficient (Wildman–Crippen LogP) is 3.31. The molecule has 2 aromatic rings. The molecule has 26 heavy (non-hydrogen) atoms. The summed E-state index contributed by atoms with van der Waals surface area (Å²) in [6.07, 6.45) is 2.30. The zero-order valence-corrected chi connectivity index (χ0v) is 18.1. The maximum absolute atomic E-state index is 5.59. The van der Waals surface area contributed by atoms with E-state index >= 15 is 0 Å². The van der Waals surface area contributed by atoms with Crippen LogP contribution in [0.5, 0.6) is 5.75 Å². The molecule has 1 aromatic carbocycles. The van der Waals surface area contributed by atoms with Crippen LogP contribution in [0.3, 0.4) is 0 Å². The third-order valence-electron chi connectivity index (χ3n) is 4.83. The van der Waals surface area contributed by atoms with Crippen LogP contribution in [-0.4, -0.2) is 31.6 Å². The molecule has 0 amide bonds. The van der Waals surface area contributed by atoms with Gasteiger partial charge >= 0.3 is 0 Å². The number of benzene rings is 1. The number of rotatable bonds is 6. The lowest BCUT2D eigenvalue weighted by Crippen LogP contribution is -2.41. The van der Waals surface area contributed by atoms with Gasteiger partial charge in [0.05, 0.1) is 19.3 Å². The molecule has 1 aliphatic carbocycles. The van der Waals surface area contributed by atoms with Crippen molar-refractivity contribution >= 4 is 29.9 Å². The molecule has 0 bridgehead atoms. The number of methoxy groups -OCH3 is 1. The minimum Gasteiger partial charge on any atom is -0.496 e. The summed E-state index contributed by atoms with van der Waals surface area (Å²) in [5.41, 5.74) is 2.31. The molecule has 1 aliphatic rings. The largest absolute Gasteiger partial charge is 0.496 e. The van der Waals surface area contributed by atoms with Crippen LogP contribution in [0, 0.1) is 13.8 Å². The Morgan fingerprint density at radius 1 is 1.27 bits per heavy atom. The van der Waals surface area contributed by atoms with E-state index in [-0.39, 0.29) is 29.4 Å². The number of aryl methyl sites for hydroxylation is 2. The van der Waals surface area contributed by atoms with E-state index in [1.54, 1.807) is 14.2 Å². The van der Waals surface area contributed by atoms with Gasteiger partial charge in [-0.25, -0.2) is 4.98 Å². The molecule has 1 saturated carbocycles. The van der Waals surface area contributed by atoms with Crippen LogP contribution < -0.4 is 15.4 Å². The highest BCUT2D eigenvalue weighted by Crippen LogP contribution is 2.50. The lowest BCUT2D eigenvalue weighted by Gasteiger charge is -2.20. The van der Waals surface area contributed by atoms with Crippen molar-refractivity contribution in [2.75, 3.05) is 20.7 Å². The second kappa shape index (κ2) is 8.75. The van der Waals surface area contributed by atoms with Gasteiger partial charge in [-0.05, 0) is 32.8 Å². The van der Waals surface area contributed by atoms with E-state index in [1.165, 1.54) is 5.56 Å². The maximum atomic E-state index is 5.59. The first kappa shape index (κ1) is 20.5. The van der Waals surface area contributed by atoms with Gasteiger partial charge in [-0.1, -0.05) is 18.2 Å². The topological polar surface area (TPSA) is 71.7 Å². The highest BCUT2D eigenvalue weighted by molar-refractivity contribution is 14.0. The lowest BCUT2D eigenvalue weighted by atomic mass is 9.95. The summed E-state index contributed by atoms with van der Waals surface area (Å²) >= 11 is 0. The van der Waals surface area contributed by atoms with Crippen LogP contribution in [0.1, 0.15) is 35.7 Å². The normalized spacial score (nSPS) is 15.2. The van der Waals surface area contributed by atoms with Crippen molar-refractivity contribution in [3.63, 3.8) is 0 Å². The van der Waals surface area contributed by atoms with Gasteiger partial charge in [0.1, 0.15) is 11.5 Å². The standard InChI is InChI=1S/C19H26N4O2.HI/c1-13-14(2)25-17(23-13)11-21-18(20-3)22-12-19(9-10-19)15-7-5-6-8-16(15)24-4;/h5-8H,9-12H2,1-4H3,(H2,20,21,22);1H. The van der Waals surface area contributed by atoms with Gasteiger partial charge in [0.15, 0.2) is 5.96 Å². The van der Waals surface area contributed by atoms with Crippen LogP contribution in [0.25, 0.3) is 0 Å². The number of guanidine groups is 1. The summed E-state index contributed by atoms with van der Waals surface area (Å²) in [6.45, 7) is 5.19. The minimum absolute atomic E-state index is 0. The number of nitrogens with zero attached hydrogens (tertiary/aromatic N) is 2. The first-order chi connectivity index (χ1) is 12.1. The Hall–Kier alpha value is -1.77. The summed E-state index contributed by atoms with van der Waals surface area (Å²) in [5.74, 6) is 3.22. The van der Waals surface area contributed by atoms with Crippen molar-refractivity contribution in [3.8, 4) is 5.75 Å². The highest BCUT2D eigenvalue weighted by Gasteiger charge is 2.46. The Morgan fingerprint density at radius 2 is 2.00 bits per heavy atom. The zero-order chi connectivity index (χ0) is 17.9. The number of hydrogen-bond donors (Lipinski definition) is 2. The number of hydrogen-bond acceptors (Lipinski definition) is 4. The monoisotopic (exact) mass is 470 g/mol. The van der Waals surface area contributed by atoms with Crippen LogP contribution in [0.2, 0.25) is 0 Å². The fourth-order valence-corrected chi connectivity index (χ4v) is 3.02. The van der Waals surface area contributed by atoms with Crippen molar-refractivity contribution in [2.24, 2.45) is 4.99 Å². The van der Waals surface area contributed by atoms with Crippen molar-refractivity contribution < 1.29 is 9.15 Å². The fraction of sp³-hybridized carbons (Fsp3) is 0.474. The Kier molecular flexibility index (Phi) is 6.91. The van der Waals surface area contributed by atoms with Crippen LogP contribution in [0.15, 0.2) is 33.7 Å². The average molecular weight is 470 g/mol. The molecule has 1 heterocycles. The molecule has 142 valence electrons. The van der Waals surface area contributed by atoms with Gasteiger partial charge in [-0.2, -0.15) is 0 Å². The maximum Gasteiger partial charge on any atom is 0.214 e. The molecule has 7 heteroatoms. The van der Waals surface area contributed by atoms with E-state index < -0.39 is 0 Å². The van der Waals surface area contributed by atoms with Crippen molar-refractivity contribution in [1.82, 2.24) is 15.6 Å². The smallest absolute Gasteiger partial charge is 0.214 e. The summed E-state index contributed by atoms with van der Waals surface area (Å²) in [6, 6.07) is 8.25. The van der Waals surface area contributed by atoms with E-state index in [1.807, 2.05) is 26.0 Å². The number of aliphatic imine (C=N–C) groups is 1. The Labute approximate surface area is 171 Å². The number of nitrogens with one attached hydrogen (secondary N) is 2. The number of halogens is 1. The molecule has 0 aliphatic heterocycles. The van der Waals surface area contributed by atoms with Crippen LogP contribution in [0.4, 0.5) is 0 Å². The first-order valence-electron chi connectivity index (χ1n) is 8.59. The van der Waals surface area contributed by atoms with Gasteiger partial charge in [0.2, 0.25) is 5.89 Å². The second-order valence-corrected chi connectivity index (χ2v) is 6.51. The number of para-hydroxylation sites is 1. The average Bonchev–Trinajstić information content (AvgIpc) is 3.35. The Bertz CT molecular complexity index is 749. The Morgan fingerprint density at radius 3 is 2.58 bits per heavy atom. The molecule has 1 fully saturated rings. The van der Waals surface area contributed by atoms with E-state index in [0.717, 1.165) is 42.5 Å².